The molecule has 4 heteroatoms. The van der Waals surface area contributed by atoms with Crippen LogP contribution in [0.2, 0.25) is 0 Å². The molecule has 1 aliphatic carbocycles. The summed E-state index contributed by atoms with van der Waals surface area (Å²) in [5, 5.41) is 8.57. The van der Waals surface area contributed by atoms with Gasteiger partial charge in [0.05, 0.1) is 0 Å². The fourth-order valence-corrected chi connectivity index (χ4v) is 3.24. The van der Waals surface area contributed by atoms with Crippen molar-refractivity contribution in [3.8, 4) is 0 Å². The van der Waals surface area contributed by atoms with Crippen molar-refractivity contribution in [2.24, 2.45) is 5.92 Å². The first-order valence-corrected chi connectivity index (χ1v) is 6.95. The number of amides is 1. The van der Waals surface area contributed by atoms with Gasteiger partial charge in [0.1, 0.15) is 0 Å². The number of carboxylic acid groups (broad SMARTS) is 1. The maximum Gasteiger partial charge on any atom is 0.328 e. The van der Waals surface area contributed by atoms with E-state index in [1.807, 2.05) is 4.90 Å². The van der Waals surface area contributed by atoms with Crippen LogP contribution in [0.25, 0.3) is 6.08 Å². The molecule has 0 radical (unpaired) electrons. The van der Waals surface area contributed by atoms with Gasteiger partial charge in [-0.15, -0.1) is 0 Å². The lowest BCUT2D eigenvalue weighted by molar-refractivity contribution is -0.131. The Hall–Kier alpha value is -2.10. The number of likely N-dealkylation sites (tertiary alicyclic amines) is 1. The third-order valence-corrected chi connectivity index (χ3v) is 4.25. The molecule has 1 amide bonds. The minimum absolute atomic E-state index is 0.103. The van der Waals surface area contributed by atoms with Crippen molar-refractivity contribution < 1.29 is 14.7 Å². The molecule has 2 atom stereocenters. The molecule has 1 aromatic rings. The van der Waals surface area contributed by atoms with Crippen molar-refractivity contribution in [1.82, 2.24) is 4.90 Å². The van der Waals surface area contributed by atoms with Crippen LogP contribution in [0.4, 0.5) is 0 Å². The molecule has 104 valence electrons. The Labute approximate surface area is 117 Å². The van der Waals surface area contributed by atoms with E-state index in [2.05, 4.69) is 0 Å². The SMILES string of the molecule is O=C(O)C=Cc1ccc(C(=O)N2CC3CCC2C3)cc1. The number of benzene rings is 1. The van der Waals surface area contributed by atoms with Crippen LogP contribution in [0.15, 0.2) is 30.3 Å². The van der Waals surface area contributed by atoms with Crippen molar-refractivity contribution in [3.63, 3.8) is 0 Å². The molecule has 1 saturated heterocycles. The van der Waals surface area contributed by atoms with Gasteiger partial charge in [0.15, 0.2) is 0 Å². The van der Waals surface area contributed by atoms with E-state index in [1.165, 1.54) is 12.5 Å². The molecule has 1 N–H and O–H groups in total. The second kappa shape index (κ2) is 5.12. The number of nitrogens with zero attached hydrogens (tertiary/aromatic N) is 1. The zero-order chi connectivity index (χ0) is 14.1. The van der Waals surface area contributed by atoms with Crippen LogP contribution >= 0.6 is 0 Å². The monoisotopic (exact) mass is 271 g/mol. The zero-order valence-electron chi connectivity index (χ0n) is 11.2. The highest BCUT2D eigenvalue weighted by Gasteiger charge is 2.40. The molecule has 0 aromatic heterocycles. The molecule has 2 aliphatic rings. The zero-order valence-corrected chi connectivity index (χ0v) is 11.2. The third kappa shape index (κ3) is 2.46. The van der Waals surface area contributed by atoms with Gasteiger partial charge >= 0.3 is 5.97 Å². The third-order valence-electron chi connectivity index (χ3n) is 4.25. The fourth-order valence-electron chi connectivity index (χ4n) is 3.24. The van der Waals surface area contributed by atoms with Crippen LogP contribution in [0.3, 0.4) is 0 Å². The van der Waals surface area contributed by atoms with Gasteiger partial charge in [-0.2, -0.15) is 0 Å². The summed E-state index contributed by atoms with van der Waals surface area (Å²) in [6.45, 7) is 0.893. The molecule has 3 rings (SSSR count). The molecule has 1 aliphatic heterocycles. The number of hydrogen-bond donors (Lipinski definition) is 1. The van der Waals surface area contributed by atoms with Crippen molar-refractivity contribution >= 4 is 18.0 Å². The predicted molar refractivity (Wildman–Crippen MR) is 75.3 cm³/mol. The summed E-state index contributed by atoms with van der Waals surface area (Å²) in [7, 11) is 0. The highest BCUT2D eigenvalue weighted by molar-refractivity contribution is 5.95. The van der Waals surface area contributed by atoms with Crippen LogP contribution < -0.4 is 0 Å². The number of aliphatic carboxylic acids is 1. The van der Waals surface area contributed by atoms with Gasteiger partial charge in [-0.3, -0.25) is 4.79 Å². The van der Waals surface area contributed by atoms with Crippen LogP contribution in [0, 0.1) is 5.92 Å². The molecule has 0 spiro atoms. The lowest BCUT2D eigenvalue weighted by Crippen LogP contribution is -2.37. The van der Waals surface area contributed by atoms with Crippen molar-refractivity contribution in [2.75, 3.05) is 6.54 Å². The van der Waals surface area contributed by atoms with E-state index in [0.29, 0.717) is 17.5 Å². The maximum atomic E-state index is 12.4. The van der Waals surface area contributed by atoms with Crippen LogP contribution in [0.5, 0.6) is 0 Å². The Bertz CT molecular complexity index is 562. The lowest BCUT2D eigenvalue weighted by atomic mass is 10.1. The first-order chi connectivity index (χ1) is 9.63. The summed E-state index contributed by atoms with van der Waals surface area (Å²) in [6, 6.07) is 7.53. The Kier molecular flexibility index (Phi) is 3.30. The van der Waals surface area contributed by atoms with Gasteiger partial charge in [0.25, 0.3) is 5.91 Å². The molecule has 4 nitrogen and oxygen atoms in total. The van der Waals surface area contributed by atoms with E-state index in [4.69, 9.17) is 5.11 Å². The van der Waals surface area contributed by atoms with Gasteiger partial charge in [0.2, 0.25) is 0 Å². The summed E-state index contributed by atoms with van der Waals surface area (Å²) in [4.78, 5) is 24.9. The summed E-state index contributed by atoms with van der Waals surface area (Å²) < 4.78 is 0. The normalized spacial score (nSPS) is 24.5. The molecule has 1 saturated carbocycles. The van der Waals surface area contributed by atoms with Gasteiger partial charge in [-0.25, -0.2) is 4.79 Å². The van der Waals surface area contributed by atoms with Gasteiger partial charge in [-0.1, -0.05) is 12.1 Å². The van der Waals surface area contributed by atoms with E-state index >= 15 is 0 Å². The maximum absolute atomic E-state index is 12.4. The number of hydrogen-bond acceptors (Lipinski definition) is 2. The smallest absolute Gasteiger partial charge is 0.328 e. The summed E-state index contributed by atoms with van der Waals surface area (Å²) in [5.74, 6) is -0.175. The second-order valence-corrected chi connectivity index (χ2v) is 5.58. The van der Waals surface area contributed by atoms with Crippen molar-refractivity contribution in [3.05, 3.63) is 41.5 Å². The van der Waals surface area contributed by atoms with Crippen LogP contribution in [0.1, 0.15) is 35.2 Å². The van der Waals surface area contributed by atoms with Crippen molar-refractivity contribution in [1.29, 1.82) is 0 Å². The van der Waals surface area contributed by atoms with Crippen molar-refractivity contribution in [2.45, 2.75) is 25.3 Å². The van der Waals surface area contributed by atoms with Crippen LogP contribution in [-0.2, 0) is 4.79 Å². The molecule has 2 bridgehead atoms. The molecule has 1 heterocycles. The molecular weight excluding hydrogens is 254 g/mol. The molecule has 2 fully saturated rings. The topological polar surface area (TPSA) is 57.6 Å². The van der Waals surface area contributed by atoms with Gasteiger partial charge in [0, 0.05) is 24.2 Å². The number of carbonyl (C=O) groups is 2. The predicted octanol–water partition coefficient (Wildman–Crippen LogP) is 2.41. The Morgan fingerprint density at radius 3 is 2.50 bits per heavy atom. The highest BCUT2D eigenvalue weighted by atomic mass is 16.4. The Morgan fingerprint density at radius 1 is 1.20 bits per heavy atom. The number of rotatable bonds is 3. The number of fused-ring (bicyclic) bond motifs is 2. The molecule has 20 heavy (non-hydrogen) atoms. The Balaban J connectivity index is 1.71. The van der Waals surface area contributed by atoms with Gasteiger partial charge in [-0.05, 0) is 49.0 Å². The first-order valence-electron chi connectivity index (χ1n) is 6.95. The minimum atomic E-state index is -0.974. The molecular formula is C16H17NO3. The molecule has 2 unspecified atom stereocenters. The highest BCUT2D eigenvalue weighted by Crippen LogP contribution is 2.38. The lowest BCUT2D eigenvalue weighted by Gasteiger charge is -2.27. The minimum Gasteiger partial charge on any atom is -0.478 e. The quantitative estimate of drug-likeness (QED) is 0.859. The largest absolute Gasteiger partial charge is 0.478 e. The number of piperidine rings is 1. The Morgan fingerprint density at radius 2 is 1.95 bits per heavy atom. The summed E-state index contributed by atoms with van der Waals surface area (Å²) in [6.07, 6.45) is 6.17. The average Bonchev–Trinajstić information content (AvgIpc) is 3.07. The standard InChI is InChI=1S/C16H17NO3/c18-15(19)8-4-11-1-5-13(6-2-11)16(20)17-10-12-3-7-14(17)9-12/h1-2,4-6,8,12,14H,3,7,9-10H2,(H,18,19). The molecule has 1 aromatic carbocycles. The van der Waals surface area contributed by atoms with Crippen LogP contribution in [-0.4, -0.2) is 34.5 Å². The first kappa shape index (κ1) is 12.9. The van der Waals surface area contributed by atoms with Gasteiger partial charge < -0.3 is 10.0 Å². The second-order valence-electron chi connectivity index (χ2n) is 5.58. The average molecular weight is 271 g/mol. The number of carbonyl (C=O) groups excluding carboxylic acids is 1. The van der Waals surface area contributed by atoms with E-state index < -0.39 is 5.97 Å². The van der Waals surface area contributed by atoms with E-state index in [9.17, 15) is 9.59 Å². The van der Waals surface area contributed by atoms with E-state index in [0.717, 1.165) is 31.0 Å². The van der Waals surface area contributed by atoms with E-state index in [-0.39, 0.29) is 5.91 Å². The number of carboxylic acids is 1. The van der Waals surface area contributed by atoms with E-state index in [1.54, 1.807) is 24.3 Å². The summed E-state index contributed by atoms with van der Waals surface area (Å²) >= 11 is 0. The summed E-state index contributed by atoms with van der Waals surface area (Å²) in [5.41, 5.74) is 1.47. The fraction of sp³-hybridized carbons (Fsp3) is 0.375.